The topological polar surface area (TPSA) is 61.8 Å². The van der Waals surface area contributed by atoms with Gasteiger partial charge in [0.2, 0.25) is 0 Å². The van der Waals surface area contributed by atoms with E-state index in [0.29, 0.717) is 0 Å². The van der Waals surface area contributed by atoms with Crippen LogP contribution in [0, 0.1) is 0 Å². The second-order valence-electron chi connectivity index (χ2n) is 6.90. The fraction of sp³-hybridized carbons (Fsp3) is 0.667. The maximum absolute atomic E-state index is 5.81. The Morgan fingerprint density at radius 1 is 1.33 bits per heavy atom. The molecule has 1 aromatic rings. The number of ether oxygens (including phenoxy) is 1. The first kappa shape index (κ1) is 17.0. The highest BCUT2D eigenvalue weighted by Crippen LogP contribution is 2.23. The average Bonchev–Trinajstić information content (AvgIpc) is 3.27. The number of pyridine rings is 1. The molecular formula is C18H29N5O. The van der Waals surface area contributed by atoms with Gasteiger partial charge in [0.05, 0.1) is 5.60 Å². The van der Waals surface area contributed by atoms with Crippen LogP contribution in [0.2, 0.25) is 0 Å². The van der Waals surface area contributed by atoms with E-state index in [1.54, 1.807) is 7.05 Å². The molecule has 6 nitrogen and oxygen atoms in total. The minimum absolute atomic E-state index is 0.0722. The SMILES string of the molecule is CN=C(NCc1ccnc(N2CCCC2)c1)NCC1(C)CCCO1. The van der Waals surface area contributed by atoms with Crippen molar-refractivity contribution in [1.29, 1.82) is 0 Å². The van der Waals surface area contributed by atoms with Crippen molar-refractivity contribution in [3.63, 3.8) is 0 Å². The second kappa shape index (κ2) is 7.83. The molecule has 3 heterocycles. The number of hydrogen-bond acceptors (Lipinski definition) is 4. The molecule has 0 bridgehead atoms. The lowest BCUT2D eigenvalue weighted by atomic mass is 10.0. The largest absolute Gasteiger partial charge is 0.373 e. The van der Waals surface area contributed by atoms with Crippen molar-refractivity contribution in [1.82, 2.24) is 15.6 Å². The van der Waals surface area contributed by atoms with Gasteiger partial charge in [-0.25, -0.2) is 4.98 Å². The molecule has 0 saturated carbocycles. The summed E-state index contributed by atoms with van der Waals surface area (Å²) in [5, 5.41) is 6.76. The zero-order valence-corrected chi connectivity index (χ0v) is 14.8. The summed E-state index contributed by atoms with van der Waals surface area (Å²) in [5.74, 6) is 1.90. The number of guanidine groups is 1. The Balaban J connectivity index is 1.51. The highest BCUT2D eigenvalue weighted by atomic mass is 16.5. The quantitative estimate of drug-likeness (QED) is 0.637. The molecule has 1 aromatic heterocycles. The van der Waals surface area contributed by atoms with Crippen molar-refractivity contribution in [3.8, 4) is 0 Å². The zero-order chi connectivity index (χ0) is 16.8. The number of hydrogen-bond donors (Lipinski definition) is 2. The summed E-state index contributed by atoms with van der Waals surface area (Å²) in [6.07, 6.45) is 6.67. The Kier molecular flexibility index (Phi) is 5.56. The van der Waals surface area contributed by atoms with Gasteiger partial charge in [-0.3, -0.25) is 4.99 Å². The Labute approximate surface area is 144 Å². The highest BCUT2D eigenvalue weighted by molar-refractivity contribution is 5.79. The summed E-state index contributed by atoms with van der Waals surface area (Å²) in [6.45, 7) is 6.77. The molecule has 1 atom stereocenters. The summed E-state index contributed by atoms with van der Waals surface area (Å²) in [5.41, 5.74) is 1.15. The van der Waals surface area contributed by atoms with Crippen molar-refractivity contribution in [2.45, 2.75) is 44.8 Å². The number of nitrogens with zero attached hydrogens (tertiary/aromatic N) is 3. The molecule has 2 N–H and O–H groups in total. The molecule has 24 heavy (non-hydrogen) atoms. The van der Waals surface area contributed by atoms with Crippen LogP contribution in [0.3, 0.4) is 0 Å². The monoisotopic (exact) mass is 331 g/mol. The molecule has 0 radical (unpaired) electrons. The third-order valence-corrected chi connectivity index (χ3v) is 4.85. The third-order valence-electron chi connectivity index (χ3n) is 4.85. The molecule has 2 aliphatic heterocycles. The summed E-state index contributed by atoms with van der Waals surface area (Å²) >= 11 is 0. The predicted molar refractivity (Wildman–Crippen MR) is 97.5 cm³/mol. The second-order valence-corrected chi connectivity index (χ2v) is 6.90. The lowest BCUT2D eigenvalue weighted by Gasteiger charge is -2.24. The lowest BCUT2D eigenvalue weighted by molar-refractivity contribution is 0.0243. The van der Waals surface area contributed by atoms with Gasteiger partial charge in [0.25, 0.3) is 0 Å². The smallest absolute Gasteiger partial charge is 0.191 e. The van der Waals surface area contributed by atoms with Crippen molar-refractivity contribution in [2.75, 3.05) is 38.2 Å². The molecule has 2 aliphatic rings. The van der Waals surface area contributed by atoms with Crippen molar-refractivity contribution in [2.24, 2.45) is 4.99 Å². The number of nitrogens with one attached hydrogen (secondary N) is 2. The van der Waals surface area contributed by atoms with Gasteiger partial charge in [-0.2, -0.15) is 0 Å². The van der Waals surface area contributed by atoms with Crippen LogP contribution in [0.15, 0.2) is 23.3 Å². The van der Waals surface area contributed by atoms with Gasteiger partial charge in [-0.1, -0.05) is 0 Å². The number of aromatic nitrogens is 1. The fourth-order valence-electron chi connectivity index (χ4n) is 3.34. The van der Waals surface area contributed by atoms with Gasteiger partial charge >= 0.3 is 0 Å². The molecule has 6 heteroatoms. The molecule has 2 saturated heterocycles. The number of aliphatic imine (C=N–C) groups is 1. The first-order valence-corrected chi connectivity index (χ1v) is 8.97. The van der Waals surface area contributed by atoms with Crippen LogP contribution in [0.1, 0.15) is 38.2 Å². The van der Waals surface area contributed by atoms with Gasteiger partial charge < -0.3 is 20.3 Å². The Morgan fingerprint density at radius 2 is 2.17 bits per heavy atom. The van der Waals surface area contributed by atoms with E-state index in [0.717, 1.165) is 57.4 Å². The number of rotatable bonds is 5. The zero-order valence-electron chi connectivity index (χ0n) is 14.8. The minimum atomic E-state index is -0.0722. The van der Waals surface area contributed by atoms with Gasteiger partial charge in [0, 0.05) is 46.0 Å². The van der Waals surface area contributed by atoms with E-state index < -0.39 is 0 Å². The van der Waals surface area contributed by atoms with Crippen LogP contribution < -0.4 is 15.5 Å². The Hall–Kier alpha value is -1.82. The standard InChI is InChI=1S/C18H29N5O/c1-18(7-5-11-24-18)14-22-17(19-2)21-13-15-6-8-20-16(12-15)23-9-3-4-10-23/h6,8,12H,3-5,7,9-11,13-14H2,1-2H3,(H2,19,21,22). The van der Waals surface area contributed by atoms with Gasteiger partial charge in [-0.15, -0.1) is 0 Å². The maximum atomic E-state index is 5.81. The van der Waals surface area contributed by atoms with E-state index >= 15 is 0 Å². The van der Waals surface area contributed by atoms with Gasteiger partial charge in [0.1, 0.15) is 5.82 Å². The maximum Gasteiger partial charge on any atom is 0.191 e. The van der Waals surface area contributed by atoms with Crippen LogP contribution in [-0.2, 0) is 11.3 Å². The molecule has 2 fully saturated rings. The highest BCUT2D eigenvalue weighted by Gasteiger charge is 2.29. The molecule has 0 amide bonds. The predicted octanol–water partition coefficient (Wildman–Crippen LogP) is 1.92. The fourth-order valence-corrected chi connectivity index (χ4v) is 3.34. The van der Waals surface area contributed by atoms with Crippen LogP contribution in [0.4, 0.5) is 5.82 Å². The van der Waals surface area contributed by atoms with E-state index in [2.05, 4.69) is 44.6 Å². The first-order valence-electron chi connectivity index (χ1n) is 8.97. The summed E-state index contributed by atoms with van der Waals surface area (Å²) < 4.78 is 5.81. The summed E-state index contributed by atoms with van der Waals surface area (Å²) in [7, 11) is 1.80. The Morgan fingerprint density at radius 3 is 2.88 bits per heavy atom. The Bertz CT molecular complexity index is 562. The van der Waals surface area contributed by atoms with E-state index in [-0.39, 0.29) is 5.60 Å². The van der Waals surface area contributed by atoms with Crippen molar-refractivity contribution < 1.29 is 4.74 Å². The average molecular weight is 331 g/mol. The van der Waals surface area contributed by atoms with Crippen LogP contribution >= 0.6 is 0 Å². The summed E-state index contributed by atoms with van der Waals surface area (Å²) in [4.78, 5) is 11.2. The van der Waals surface area contributed by atoms with Crippen molar-refractivity contribution in [3.05, 3.63) is 23.9 Å². The molecule has 3 rings (SSSR count). The first-order chi connectivity index (χ1) is 11.7. The van der Waals surface area contributed by atoms with Crippen molar-refractivity contribution >= 4 is 11.8 Å². The van der Waals surface area contributed by atoms with Crippen LogP contribution in [-0.4, -0.2) is 49.8 Å². The van der Waals surface area contributed by atoms with E-state index in [4.69, 9.17) is 4.74 Å². The third kappa shape index (κ3) is 4.38. The van der Waals surface area contributed by atoms with Crippen LogP contribution in [0.25, 0.3) is 0 Å². The minimum Gasteiger partial charge on any atom is -0.373 e. The summed E-state index contributed by atoms with van der Waals surface area (Å²) in [6, 6.07) is 4.23. The molecule has 0 aliphatic carbocycles. The normalized spacial score (nSPS) is 24.4. The van der Waals surface area contributed by atoms with E-state index in [9.17, 15) is 0 Å². The molecule has 1 unspecified atom stereocenters. The van der Waals surface area contributed by atoms with Gasteiger partial charge in [0.15, 0.2) is 5.96 Å². The van der Waals surface area contributed by atoms with E-state index in [1.165, 1.54) is 18.4 Å². The molecule has 0 spiro atoms. The van der Waals surface area contributed by atoms with Gasteiger partial charge in [-0.05, 0) is 50.3 Å². The number of anilines is 1. The van der Waals surface area contributed by atoms with Crippen LogP contribution in [0.5, 0.6) is 0 Å². The lowest BCUT2D eigenvalue weighted by Crippen LogP contribution is -2.45. The molecule has 0 aromatic carbocycles. The van der Waals surface area contributed by atoms with E-state index in [1.807, 2.05) is 6.20 Å². The molecular weight excluding hydrogens is 302 g/mol. The molecule has 132 valence electrons.